The average molecular weight is 445 g/mol. The van der Waals surface area contributed by atoms with Gasteiger partial charge in [-0.3, -0.25) is 4.79 Å². The molecule has 3 heterocycles. The number of ether oxygens (including phenoxy) is 1. The van der Waals surface area contributed by atoms with Crippen LogP contribution >= 0.6 is 23.1 Å². The maximum Gasteiger partial charge on any atom is 0.206 e. The van der Waals surface area contributed by atoms with Crippen molar-refractivity contribution >= 4 is 39.7 Å². The highest BCUT2D eigenvalue weighted by molar-refractivity contribution is 8.02. The van der Waals surface area contributed by atoms with E-state index >= 15 is 0 Å². The Hall–Kier alpha value is -1.90. The summed E-state index contributed by atoms with van der Waals surface area (Å²) in [4.78, 5) is 15.1. The summed E-state index contributed by atoms with van der Waals surface area (Å²) in [5.41, 5.74) is 3.23. The van der Waals surface area contributed by atoms with Gasteiger partial charge in [0.25, 0.3) is 0 Å². The molecule has 2 aromatic rings. The largest absolute Gasteiger partial charge is 0.376 e. The van der Waals surface area contributed by atoms with Gasteiger partial charge in [-0.25, -0.2) is 0 Å². The second kappa shape index (κ2) is 8.69. The zero-order valence-corrected chi connectivity index (χ0v) is 19.5. The molecule has 2 aliphatic heterocycles. The maximum absolute atomic E-state index is 13.0. The Kier molecular flexibility index (Phi) is 6.18. The van der Waals surface area contributed by atoms with Crippen LogP contribution in [0, 0.1) is 0 Å². The lowest BCUT2D eigenvalue weighted by atomic mass is 9.83. The molecule has 4 rings (SSSR count). The van der Waals surface area contributed by atoms with E-state index in [1.54, 1.807) is 6.08 Å². The van der Waals surface area contributed by atoms with Crippen molar-refractivity contribution in [2.24, 2.45) is 0 Å². The lowest BCUT2D eigenvalue weighted by molar-refractivity contribution is -0.113. The molecule has 0 radical (unpaired) electrons. The molecule has 1 aromatic heterocycles. The number of carbonyl (C=O) groups is 1. The molecule has 2 atom stereocenters. The molecule has 160 valence electrons. The molecular weight excluding hydrogens is 416 g/mol. The first-order valence-corrected chi connectivity index (χ1v) is 12.0. The highest BCUT2D eigenvalue weighted by Gasteiger charge is 2.38. The molecule has 8 heteroatoms. The standard InChI is InChI=1S/C22H28N4O2S2/c1-14(29-21-25-24-20(30-21)23-13-15-8-7-11-28-15)18(27)12-19-22(2,3)16-9-5-6-10-17(16)26(19)4/h5-6,9-10,12,14-15H,7-8,11,13H2,1-4H3,(H,23,24)/b19-12+. The molecule has 0 aliphatic carbocycles. The van der Waals surface area contributed by atoms with Crippen LogP contribution in [0.3, 0.4) is 0 Å². The number of hydrogen-bond acceptors (Lipinski definition) is 8. The SMILES string of the molecule is CC(Sc1nnc(NCC2CCCO2)s1)C(=O)/C=C1/N(C)c2ccccc2C1(C)C. The molecule has 0 spiro atoms. The van der Waals surface area contributed by atoms with Gasteiger partial charge in [-0.2, -0.15) is 0 Å². The van der Waals surface area contributed by atoms with Crippen molar-refractivity contribution in [1.29, 1.82) is 0 Å². The van der Waals surface area contributed by atoms with Crippen molar-refractivity contribution in [3.8, 4) is 0 Å². The van der Waals surface area contributed by atoms with Crippen LogP contribution in [-0.2, 0) is 14.9 Å². The Morgan fingerprint density at radius 3 is 2.97 bits per heavy atom. The van der Waals surface area contributed by atoms with Crippen LogP contribution in [0.5, 0.6) is 0 Å². The van der Waals surface area contributed by atoms with E-state index in [0.717, 1.165) is 46.8 Å². The van der Waals surface area contributed by atoms with E-state index in [9.17, 15) is 4.79 Å². The molecule has 0 bridgehead atoms. The smallest absolute Gasteiger partial charge is 0.206 e. The van der Waals surface area contributed by atoms with Gasteiger partial charge in [0.05, 0.1) is 11.4 Å². The number of benzene rings is 1. The maximum atomic E-state index is 13.0. The highest BCUT2D eigenvalue weighted by Crippen LogP contribution is 2.46. The lowest BCUT2D eigenvalue weighted by Gasteiger charge is -2.24. The quantitative estimate of drug-likeness (QED) is 0.498. The first-order valence-electron chi connectivity index (χ1n) is 10.3. The number of nitrogens with zero attached hydrogens (tertiary/aromatic N) is 3. The fraction of sp³-hybridized carbons (Fsp3) is 0.500. The van der Waals surface area contributed by atoms with Crippen molar-refractivity contribution in [1.82, 2.24) is 10.2 Å². The fourth-order valence-corrected chi connectivity index (χ4v) is 5.98. The summed E-state index contributed by atoms with van der Waals surface area (Å²) < 4.78 is 6.42. The third kappa shape index (κ3) is 4.26. The van der Waals surface area contributed by atoms with Gasteiger partial charge in [-0.15, -0.1) is 10.2 Å². The van der Waals surface area contributed by atoms with E-state index in [-0.39, 0.29) is 22.6 Å². The highest BCUT2D eigenvalue weighted by atomic mass is 32.2. The summed E-state index contributed by atoms with van der Waals surface area (Å²) in [5.74, 6) is 0.0896. The van der Waals surface area contributed by atoms with Crippen LogP contribution in [0.2, 0.25) is 0 Å². The monoisotopic (exact) mass is 444 g/mol. The zero-order chi connectivity index (χ0) is 21.3. The summed E-state index contributed by atoms with van der Waals surface area (Å²) in [6.07, 6.45) is 4.26. The Labute approximate surface area is 186 Å². The summed E-state index contributed by atoms with van der Waals surface area (Å²) in [5, 5.41) is 12.3. The van der Waals surface area contributed by atoms with Crippen LogP contribution in [0.4, 0.5) is 10.8 Å². The van der Waals surface area contributed by atoms with E-state index in [1.807, 2.05) is 20.0 Å². The van der Waals surface area contributed by atoms with E-state index in [2.05, 4.69) is 52.5 Å². The van der Waals surface area contributed by atoms with Gasteiger partial charge in [0.2, 0.25) is 5.13 Å². The number of ketones is 1. The van der Waals surface area contributed by atoms with Crippen molar-refractivity contribution < 1.29 is 9.53 Å². The van der Waals surface area contributed by atoms with Gasteiger partial charge < -0.3 is 15.0 Å². The summed E-state index contributed by atoms with van der Waals surface area (Å²) in [6.45, 7) is 7.86. The molecular formula is C22H28N4O2S2. The third-order valence-corrected chi connectivity index (χ3v) is 7.89. The van der Waals surface area contributed by atoms with Gasteiger partial charge in [0, 0.05) is 43.1 Å². The Morgan fingerprint density at radius 1 is 1.43 bits per heavy atom. The minimum absolute atomic E-state index is 0.0896. The van der Waals surface area contributed by atoms with Crippen LogP contribution in [0.1, 0.15) is 39.2 Å². The molecule has 1 fully saturated rings. The molecule has 2 aliphatic rings. The van der Waals surface area contributed by atoms with Gasteiger partial charge in [-0.05, 0) is 31.4 Å². The minimum Gasteiger partial charge on any atom is -0.376 e. The molecule has 30 heavy (non-hydrogen) atoms. The second-order valence-electron chi connectivity index (χ2n) is 8.28. The van der Waals surface area contributed by atoms with E-state index in [1.165, 1.54) is 28.7 Å². The zero-order valence-electron chi connectivity index (χ0n) is 17.8. The molecule has 1 saturated heterocycles. The predicted octanol–water partition coefficient (Wildman–Crippen LogP) is 4.49. The first-order chi connectivity index (χ1) is 14.4. The number of thioether (sulfide) groups is 1. The summed E-state index contributed by atoms with van der Waals surface area (Å²) >= 11 is 2.95. The number of fused-ring (bicyclic) bond motifs is 1. The van der Waals surface area contributed by atoms with Crippen molar-refractivity contribution in [2.45, 2.75) is 54.7 Å². The number of anilines is 2. The average Bonchev–Trinajstić information content (AvgIpc) is 3.44. The van der Waals surface area contributed by atoms with Crippen LogP contribution in [0.25, 0.3) is 0 Å². The number of allylic oxidation sites excluding steroid dienone is 2. The molecule has 0 amide bonds. The normalized spacial score (nSPS) is 22.3. The molecule has 2 unspecified atom stereocenters. The minimum atomic E-state index is -0.232. The van der Waals surface area contributed by atoms with Gasteiger partial charge >= 0.3 is 0 Å². The third-order valence-electron chi connectivity index (χ3n) is 5.81. The van der Waals surface area contributed by atoms with E-state index in [4.69, 9.17) is 4.74 Å². The Balaban J connectivity index is 1.39. The lowest BCUT2D eigenvalue weighted by Crippen LogP contribution is -2.25. The van der Waals surface area contributed by atoms with Crippen molar-refractivity contribution in [2.75, 3.05) is 30.4 Å². The molecule has 1 N–H and O–H groups in total. The number of aromatic nitrogens is 2. The first kappa shape index (κ1) is 21.3. The predicted molar refractivity (Wildman–Crippen MR) is 124 cm³/mol. The second-order valence-corrected chi connectivity index (χ2v) is 10.8. The fourth-order valence-electron chi connectivity index (χ4n) is 4.06. The summed E-state index contributed by atoms with van der Waals surface area (Å²) in [7, 11) is 2.03. The number of likely N-dealkylation sites (N-methyl/N-ethyl adjacent to an activating group) is 1. The number of rotatable bonds is 7. The van der Waals surface area contributed by atoms with E-state index in [0.29, 0.717) is 0 Å². The van der Waals surface area contributed by atoms with Crippen LogP contribution < -0.4 is 10.2 Å². The van der Waals surface area contributed by atoms with Gasteiger partial charge in [0.1, 0.15) is 0 Å². The van der Waals surface area contributed by atoms with E-state index < -0.39 is 0 Å². The molecule has 0 saturated carbocycles. The number of nitrogens with one attached hydrogen (secondary N) is 1. The number of carbonyl (C=O) groups excluding carboxylic acids is 1. The molecule has 6 nitrogen and oxygen atoms in total. The Morgan fingerprint density at radius 2 is 2.23 bits per heavy atom. The number of hydrogen-bond donors (Lipinski definition) is 1. The van der Waals surface area contributed by atoms with Crippen LogP contribution in [0.15, 0.2) is 40.4 Å². The van der Waals surface area contributed by atoms with Crippen LogP contribution in [-0.4, -0.2) is 47.5 Å². The summed E-state index contributed by atoms with van der Waals surface area (Å²) in [6, 6.07) is 8.33. The van der Waals surface area contributed by atoms with Gasteiger partial charge in [-0.1, -0.05) is 55.1 Å². The van der Waals surface area contributed by atoms with Crippen molar-refractivity contribution in [3.63, 3.8) is 0 Å². The molecule has 1 aromatic carbocycles. The van der Waals surface area contributed by atoms with Crippen molar-refractivity contribution in [3.05, 3.63) is 41.6 Å². The topological polar surface area (TPSA) is 67.4 Å². The number of para-hydroxylation sites is 1. The Bertz CT molecular complexity index is 950. The van der Waals surface area contributed by atoms with Gasteiger partial charge in [0.15, 0.2) is 10.1 Å².